The number of nitrogens with one attached hydrogen (secondary N) is 3. The molecule has 0 saturated carbocycles. The minimum absolute atomic E-state index is 0.0268. The van der Waals surface area contributed by atoms with Crippen LogP contribution in [0.5, 0.6) is 0 Å². The summed E-state index contributed by atoms with van der Waals surface area (Å²) in [7, 11) is 1.24. The molecule has 7 N–H and O–H groups in total. The van der Waals surface area contributed by atoms with Gasteiger partial charge in [0.05, 0.1) is 0 Å². The van der Waals surface area contributed by atoms with Crippen LogP contribution in [-0.4, -0.2) is 106 Å². The number of aromatic amines is 1. The van der Waals surface area contributed by atoms with Crippen molar-refractivity contribution in [2.45, 2.75) is 159 Å². The lowest BCUT2D eigenvalue weighted by molar-refractivity contribution is -0.241. The van der Waals surface area contributed by atoms with E-state index in [1.807, 2.05) is 6.92 Å². The molecule has 0 aliphatic carbocycles. The Morgan fingerprint density at radius 1 is 1.00 bits per heavy atom. The molecule has 60 heavy (non-hydrogen) atoms. The number of primary amides is 1. The summed E-state index contributed by atoms with van der Waals surface area (Å²) in [4.78, 5) is 79.1. The van der Waals surface area contributed by atoms with E-state index >= 15 is 0 Å². The minimum Gasteiger partial charge on any atom is -0.456 e. The number of methoxy groups -OCH3 is 1. The molecule has 332 valence electrons. The lowest BCUT2D eigenvalue weighted by Gasteiger charge is -2.35. The van der Waals surface area contributed by atoms with Crippen molar-refractivity contribution in [3.05, 3.63) is 81.4 Å². The van der Waals surface area contributed by atoms with Crippen molar-refractivity contribution in [3.8, 4) is 0 Å². The zero-order chi connectivity index (χ0) is 43.6. The first-order chi connectivity index (χ1) is 28.8. The van der Waals surface area contributed by atoms with Gasteiger partial charge >= 0.3 is 11.7 Å². The summed E-state index contributed by atoms with van der Waals surface area (Å²) in [5.74, 6) is -3.60. The van der Waals surface area contributed by atoms with E-state index in [1.54, 1.807) is 0 Å². The highest BCUT2D eigenvalue weighted by Crippen LogP contribution is 2.36. The van der Waals surface area contributed by atoms with E-state index in [9.17, 15) is 39.0 Å². The minimum atomic E-state index is -1.89. The van der Waals surface area contributed by atoms with Gasteiger partial charge in [-0.3, -0.25) is 33.5 Å². The normalized spacial score (nSPS) is 27.6. The maximum absolute atomic E-state index is 13.2. The quantitative estimate of drug-likeness (QED) is 0.0555. The maximum Gasteiger partial charge on any atom is 0.330 e. The Balaban J connectivity index is 1.39. The first-order valence-electron chi connectivity index (χ1n) is 20.8. The second-order valence-electron chi connectivity index (χ2n) is 15.1. The maximum atomic E-state index is 13.2. The molecular weight excluding hydrogens is 782 g/mol. The fourth-order valence-corrected chi connectivity index (χ4v) is 7.13. The average Bonchev–Trinajstić information content (AvgIpc) is 3.46. The Labute approximate surface area is 349 Å². The standard InChI is InChI=1S/C42H61N5O13/c1-4-5-6-7-8-9-10-11-12-13-14-15-16-17-18-22-31(50)58-36-33(56-3)34(59-40(36)47-24-23-30(49)46-42(47)55)35(37(43)52)60-41-32(51)28(48)25-29(57-41)39(54)45-27-21-19-20-26(2)44-38(27)53/h5-6,8-9,11-12,23-28,32-36,40-41,48,51H,4,7,10,13-22H2,1-3H3,(H2,43,52)(H,44,53)(H,45,54)(H,46,49,55)/t26-,27+,28+,32+,33-,34?,35-,36-,40-,41-/m1/s1. The second-order valence-corrected chi connectivity index (χ2v) is 15.1. The zero-order valence-electron chi connectivity index (χ0n) is 34.6. The van der Waals surface area contributed by atoms with E-state index in [2.05, 4.69) is 59.0 Å². The van der Waals surface area contributed by atoms with Crippen molar-refractivity contribution in [2.75, 3.05) is 7.11 Å². The highest BCUT2D eigenvalue weighted by molar-refractivity contribution is 5.95. The van der Waals surface area contributed by atoms with Crippen LogP contribution >= 0.6 is 0 Å². The largest absolute Gasteiger partial charge is 0.456 e. The Hall–Kier alpha value is -4.88. The van der Waals surface area contributed by atoms with Gasteiger partial charge in [-0.15, -0.1) is 0 Å². The number of rotatable bonds is 22. The van der Waals surface area contributed by atoms with Gasteiger partial charge in [0.15, 0.2) is 24.2 Å². The van der Waals surface area contributed by atoms with Crippen LogP contribution in [0, 0.1) is 0 Å². The molecule has 0 bridgehead atoms. The number of unbranched alkanes of at least 4 members (excludes halogenated alkanes) is 5. The van der Waals surface area contributed by atoms with Crippen molar-refractivity contribution >= 4 is 23.7 Å². The van der Waals surface area contributed by atoms with Gasteiger partial charge in [0.2, 0.25) is 18.1 Å². The molecule has 2 saturated heterocycles. The van der Waals surface area contributed by atoms with Gasteiger partial charge in [-0.1, -0.05) is 62.6 Å². The van der Waals surface area contributed by atoms with Crippen LogP contribution in [0.4, 0.5) is 0 Å². The number of aromatic nitrogens is 2. The summed E-state index contributed by atoms with van der Waals surface area (Å²) in [6.45, 7) is 3.95. The number of hydrogen-bond acceptors (Lipinski definition) is 13. The SMILES string of the molecule is CCC=CCC=CCC=CCCCCCCCC(=O)O[C@@H]1[C@H](OC)C([C@@H](O[C@H]2OC(C(=O)N[C@H]3CCC[C@@H](C)NC3=O)=C[C@H](O)[C@@H]2O)C(N)=O)O[C@H]1n1ccc(=O)[nH]c1=O. The summed E-state index contributed by atoms with van der Waals surface area (Å²) in [6.07, 6.45) is 11.7. The summed E-state index contributed by atoms with van der Waals surface area (Å²) >= 11 is 0. The van der Waals surface area contributed by atoms with Crippen LogP contribution in [-0.2, 0) is 42.9 Å². The predicted octanol–water partition coefficient (Wildman–Crippen LogP) is 1.96. The first-order valence-corrected chi connectivity index (χ1v) is 20.8. The number of nitrogens with two attached hydrogens (primary N) is 1. The summed E-state index contributed by atoms with van der Waals surface area (Å²) in [5.41, 5.74) is 4.15. The summed E-state index contributed by atoms with van der Waals surface area (Å²) < 4.78 is 30.0. The summed E-state index contributed by atoms with van der Waals surface area (Å²) in [6, 6.07) is 0.0654. The van der Waals surface area contributed by atoms with Gasteiger partial charge in [0.1, 0.15) is 30.5 Å². The number of hydrogen-bond donors (Lipinski definition) is 6. The molecule has 4 heterocycles. The van der Waals surface area contributed by atoms with Crippen molar-refractivity contribution in [1.29, 1.82) is 0 Å². The van der Waals surface area contributed by atoms with Gasteiger partial charge in [0, 0.05) is 31.8 Å². The number of ether oxygens (including phenoxy) is 5. The molecule has 1 unspecified atom stereocenters. The molecule has 0 aromatic carbocycles. The van der Waals surface area contributed by atoms with E-state index in [1.165, 1.54) is 7.11 Å². The van der Waals surface area contributed by atoms with Crippen molar-refractivity contribution in [3.63, 3.8) is 0 Å². The molecule has 18 heteroatoms. The van der Waals surface area contributed by atoms with Crippen molar-refractivity contribution in [1.82, 2.24) is 20.2 Å². The Morgan fingerprint density at radius 3 is 2.40 bits per heavy atom. The smallest absolute Gasteiger partial charge is 0.330 e. The number of aliphatic hydroxyl groups excluding tert-OH is 2. The van der Waals surface area contributed by atoms with E-state index in [0.717, 1.165) is 74.3 Å². The van der Waals surface area contributed by atoms with Crippen LogP contribution in [0.3, 0.4) is 0 Å². The molecule has 1 aromatic heterocycles. The molecule has 3 aliphatic heterocycles. The molecule has 10 atom stereocenters. The number of carbonyl (C=O) groups excluding carboxylic acids is 4. The van der Waals surface area contributed by atoms with Crippen molar-refractivity contribution < 1.29 is 53.1 Å². The van der Waals surface area contributed by atoms with E-state index in [4.69, 9.17) is 29.4 Å². The molecule has 4 rings (SSSR count). The third-order valence-electron chi connectivity index (χ3n) is 10.3. The van der Waals surface area contributed by atoms with Crippen LogP contribution in [0.2, 0.25) is 0 Å². The van der Waals surface area contributed by atoms with Gasteiger partial charge < -0.3 is 50.3 Å². The number of esters is 1. The Bertz CT molecular complexity index is 1820. The van der Waals surface area contributed by atoms with E-state index in [0.29, 0.717) is 25.7 Å². The fourth-order valence-electron chi connectivity index (χ4n) is 7.13. The lowest BCUT2D eigenvalue weighted by Crippen LogP contribution is -2.54. The van der Waals surface area contributed by atoms with Gasteiger partial charge in [-0.2, -0.15) is 0 Å². The van der Waals surface area contributed by atoms with Crippen LogP contribution in [0.1, 0.15) is 104 Å². The number of aliphatic hydroxyl groups is 2. The highest BCUT2D eigenvalue weighted by atomic mass is 16.7. The molecule has 3 amide bonds. The molecule has 0 radical (unpaired) electrons. The second kappa shape index (κ2) is 24.4. The number of carbonyl (C=O) groups is 4. The van der Waals surface area contributed by atoms with E-state index in [-0.39, 0.29) is 12.5 Å². The number of allylic oxidation sites excluding steroid dienone is 6. The van der Waals surface area contributed by atoms with Crippen LogP contribution < -0.4 is 27.6 Å². The lowest BCUT2D eigenvalue weighted by atomic mass is 10.0. The van der Waals surface area contributed by atoms with Crippen molar-refractivity contribution in [2.24, 2.45) is 5.73 Å². The van der Waals surface area contributed by atoms with Gasteiger partial charge in [-0.05, 0) is 70.8 Å². The van der Waals surface area contributed by atoms with E-state index < -0.39 is 95.9 Å². The third kappa shape index (κ3) is 14.1. The molecule has 2 fully saturated rings. The molecule has 18 nitrogen and oxygen atoms in total. The zero-order valence-corrected chi connectivity index (χ0v) is 34.6. The van der Waals surface area contributed by atoms with Crippen LogP contribution in [0.25, 0.3) is 0 Å². The molecule has 3 aliphatic rings. The highest BCUT2D eigenvalue weighted by Gasteiger charge is 2.54. The number of amides is 3. The Kier molecular flexibility index (Phi) is 19.4. The fraction of sp³-hybridized carbons (Fsp3) is 0.619. The third-order valence-corrected chi connectivity index (χ3v) is 10.3. The van der Waals surface area contributed by atoms with Crippen LogP contribution in [0.15, 0.2) is 70.1 Å². The first kappa shape index (κ1) is 47.8. The Morgan fingerprint density at radius 2 is 1.70 bits per heavy atom. The predicted molar refractivity (Wildman–Crippen MR) is 218 cm³/mol. The monoisotopic (exact) mass is 843 g/mol. The summed E-state index contributed by atoms with van der Waals surface area (Å²) in [5, 5.41) is 26.9. The molecular formula is C42H61N5O13. The molecule has 0 spiro atoms. The topological polar surface area (TPSA) is 260 Å². The van der Waals surface area contributed by atoms with Gasteiger partial charge in [-0.25, -0.2) is 4.79 Å². The number of H-pyrrole nitrogens is 1. The molecule has 1 aromatic rings. The van der Waals surface area contributed by atoms with Gasteiger partial charge in [0.25, 0.3) is 11.5 Å². The number of nitrogens with zero attached hydrogens (tertiary/aromatic N) is 1. The average molecular weight is 844 g/mol.